The number of nitrogens with zero attached hydrogens (tertiary/aromatic N) is 4. The first kappa shape index (κ1) is 6.31. The second-order valence-electron chi connectivity index (χ2n) is 1.37. The van der Waals surface area contributed by atoms with E-state index in [2.05, 4.69) is 19.7 Å². The third-order valence-electron chi connectivity index (χ3n) is 0.784. The van der Waals surface area contributed by atoms with Crippen LogP contribution in [0.5, 0.6) is 0 Å². The highest BCUT2D eigenvalue weighted by atomic mass is 16.5. The topological polar surface area (TPSA) is 91.9 Å². The van der Waals surface area contributed by atoms with Crippen molar-refractivity contribution >= 4 is 5.91 Å². The summed E-state index contributed by atoms with van der Waals surface area (Å²) in [6.45, 7) is 0. The van der Waals surface area contributed by atoms with Crippen molar-refractivity contribution < 1.29 is 9.32 Å². The molecule has 0 aliphatic heterocycles. The smallest absolute Gasteiger partial charge is 0.287 e. The molecule has 6 nitrogen and oxygen atoms in total. The zero-order valence-corrected chi connectivity index (χ0v) is 4.76. The van der Waals surface area contributed by atoms with E-state index in [9.17, 15) is 4.79 Å². The van der Waals surface area contributed by atoms with Crippen LogP contribution in [0.15, 0.2) is 21.9 Å². The summed E-state index contributed by atoms with van der Waals surface area (Å²) < 4.78 is 4.38. The lowest BCUT2D eigenvalue weighted by Gasteiger charge is -1.78. The first-order valence-corrected chi connectivity index (χ1v) is 2.34. The molecule has 0 unspecified atom stereocenters. The standard InChI is InChI=1S/C4H2N4O2/c5-8-7-4(9)3-1-2-6-10-3/h1-2H. The van der Waals surface area contributed by atoms with E-state index < -0.39 is 5.91 Å². The number of amides is 1. The number of carbonyl (C=O) groups excluding carboxylic acids is 1. The van der Waals surface area contributed by atoms with Crippen LogP contribution in [-0.4, -0.2) is 11.1 Å². The maximum atomic E-state index is 10.6. The Morgan fingerprint density at radius 2 is 2.70 bits per heavy atom. The van der Waals surface area contributed by atoms with Crippen molar-refractivity contribution in [3.8, 4) is 0 Å². The minimum Gasteiger partial charge on any atom is -0.353 e. The summed E-state index contributed by atoms with van der Waals surface area (Å²) in [6, 6.07) is 1.32. The predicted molar refractivity (Wildman–Crippen MR) is 30.0 cm³/mol. The molecule has 50 valence electrons. The van der Waals surface area contributed by atoms with Gasteiger partial charge in [-0.25, -0.2) is 0 Å². The third kappa shape index (κ3) is 1.12. The van der Waals surface area contributed by atoms with Gasteiger partial charge < -0.3 is 4.52 Å². The fourth-order valence-electron chi connectivity index (χ4n) is 0.416. The largest absolute Gasteiger partial charge is 0.353 e. The summed E-state index contributed by atoms with van der Waals surface area (Å²) in [6.07, 6.45) is 1.29. The van der Waals surface area contributed by atoms with Gasteiger partial charge in [0.1, 0.15) is 0 Å². The van der Waals surface area contributed by atoms with Gasteiger partial charge in [-0.3, -0.25) is 4.79 Å². The zero-order chi connectivity index (χ0) is 7.40. The van der Waals surface area contributed by atoms with Crippen molar-refractivity contribution in [3.05, 3.63) is 28.5 Å². The van der Waals surface area contributed by atoms with Crippen molar-refractivity contribution in [1.29, 1.82) is 0 Å². The fourth-order valence-corrected chi connectivity index (χ4v) is 0.416. The number of hydrogen-bond donors (Lipinski definition) is 0. The van der Waals surface area contributed by atoms with Crippen LogP contribution < -0.4 is 0 Å². The number of aromatic nitrogens is 1. The van der Waals surface area contributed by atoms with Gasteiger partial charge in [0.15, 0.2) is 0 Å². The molecule has 0 atom stereocenters. The molecular formula is C4H2N4O2. The van der Waals surface area contributed by atoms with Crippen LogP contribution in [-0.2, 0) is 0 Å². The molecule has 0 spiro atoms. The van der Waals surface area contributed by atoms with E-state index in [1.807, 2.05) is 0 Å². The van der Waals surface area contributed by atoms with E-state index in [0.717, 1.165) is 0 Å². The van der Waals surface area contributed by atoms with Crippen molar-refractivity contribution in [3.63, 3.8) is 0 Å². The summed E-state index contributed by atoms with van der Waals surface area (Å²) in [5, 5.41) is 6.02. The fraction of sp³-hybridized carbons (Fsp3) is 0. The molecule has 1 aromatic rings. The second kappa shape index (κ2) is 2.65. The lowest BCUT2D eigenvalue weighted by atomic mass is 10.4. The highest BCUT2D eigenvalue weighted by Gasteiger charge is 2.05. The van der Waals surface area contributed by atoms with Crippen LogP contribution in [0, 0.1) is 0 Å². The molecule has 0 aliphatic rings. The van der Waals surface area contributed by atoms with E-state index in [1.54, 1.807) is 0 Å². The van der Waals surface area contributed by atoms with Crippen LogP contribution >= 0.6 is 0 Å². The van der Waals surface area contributed by atoms with Crippen LogP contribution in [0.4, 0.5) is 0 Å². The number of hydrogen-bond acceptors (Lipinski definition) is 3. The van der Waals surface area contributed by atoms with Gasteiger partial charge in [0.2, 0.25) is 5.76 Å². The summed E-state index contributed by atoms with van der Waals surface area (Å²) in [7, 11) is 0. The van der Waals surface area contributed by atoms with Gasteiger partial charge >= 0.3 is 0 Å². The lowest BCUT2D eigenvalue weighted by Crippen LogP contribution is -1.88. The molecule has 1 aromatic heterocycles. The Kier molecular flexibility index (Phi) is 1.67. The van der Waals surface area contributed by atoms with Crippen molar-refractivity contribution in [2.45, 2.75) is 0 Å². The molecule has 1 rings (SSSR count). The maximum Gasteiger partial charge on any atom is 0.287 e. The van der Waals surface area contributed by atoms with E-state index in [1.165, 1.54) is 12.3 Å². The second-order valence-corrected chi connectivity index (χ2v) is 1.37. The summed E-state index contributed by atoms with van der Waals surface area (Å²) in [5.74, 6) is -0.821. The van der Waals surface area contributed by atoms with E-state index in [-0.39, 0.29) is 5.76 Å². The lowest BCUT2D eigenvalue weighted by molar-refractivity contribution is 0.0965. The first-order chi connectivity index (χ1) is 4.84. The van der Waals surface area contributed by atoms with Gasteiger partial charge in [-0.2, -0.15) is 0 Å². The van der Waals surface area contributed by atoms with Crippen LogP contribution in [0.25, 0.3) is 10.4 Å². The van der Waals surface area contributed by atoms with Gasteiger partial charge in [0.25, 0.3) is 5.91 Å². The van der Waals surface area contributed by atoms with Crippen LogP contribution in [0.2, 0.25) is 0 Å². The van der Waals surface area contributed by atoms with E-state index >= 15 is 0 Å². The zero-order valence-electron chi connectivity index (χ0n) is 4.76. The van der Waals surface area contributed by atoms with Crippen LogP contribution in [0.3, 0.4) is 0 Å². The molecule has 1 amide bonds. The molecular weight excluding hydrogens is 136 g/mol. The molecule has 0 N–H and O–H groups in total. The van der Waals surface area contributed by atoms with Gasteiger partial charge in [-0.05, 0) is 10.6 Å². The molecule has 0 saturated carbocycles. The Bertz CT molecular complexity index is 271. The first-order valence-electron chi connectivity index (χ1n) is 2.34. The van der Waals surface area contributed by atoms with E-state index in [4.69, 9.17) is 5.53 Å². The molecule has 1 heterocycles. The van der Waals surface area contributed by atoms with Crippen molar-refractivity contribution in [1.82, 2.24) is 5.16 Å². The van der Waals surface area contributed by atoms with Crippen molar-refractivity contribution in [2.24, 2.45) is 5.11 Å². The highest BCUT2D eigenvalue weighted by molar-refractivity contribution is 5.91. The number of rotatable bonds is 1. The average molecular weight is 138 g/mol. The maximum absolute atomic E-state index is 10.6. The summed E-state index contributed by atoms with van der Waals surface area (Å²) >= 11 is 0. The molecule has 6 heteroatoms. The third-order valence-corrected chi connectivity index (χ3v) is 0.784. The van der Waals surface area contributed by atoms with Crippen molar-refractivity contribution in [2.75, 3.05) is 0 Å². The molecule has 0 fully saturated rings. The Hall–Kier alpha value is -1.81. The molecule has 0 bridgehead atoms. The SMILES string of the molecule is [N-]=[N+]=NC(=O)c1ccno1. The molecule has 0 aliphatic carbocycles. The van der Waals surface area contributed by atoms with Gasteiger partial charge in [-0.1, -0.05) is 5.16 Å². The van der Waals surface area contributed by atoms with Gasteiger partial charge in [0, 0.05) is 11.0 Å². The minimum absolute atomic E-state index is 0.0576. The quantitative estimate of drug-likeness (QED) is 0.330. The summed E-state index contributed by atoms with van der Waals surface area (Å²) in [4.78, 5) is 12.8. The predicted octanol–water partition coefficient (Wildman–Crippen LogP) is 1.13. The van der Waals surface area contributed by atoms with Crippen LogP contribution in [0.1, 0.15) is 10.6 Å². The Morgan fingerprint density at radius 1 is 1.90 bits per heavy atom. The van der Waals surface area contributed by atoms with E-state index in [0.29, 0.717) is 0 Å². The Balaban J connectivity index is 2.87. The minimum atomic E-state index is -0.764. The molecule has 0 aromatic carbocycles. The summed E-state index contributed by atoms with van der Waals surface area (Å²) in [5.41, 5.74) is 7.81. The normalized spacial score (nSPS) is 8.40. The highest BCUT2D eigenvalue weighted by Crippen LogP contribution is 1.98. The molecule has 0 saturated heterocycles. The molecule has 0 radical (unpaired) electrons. The Labute approximate surface area is 55.1 Å². The van der Waals surface area contributed by atoms with Gasteiger partial charge in [0.05, 0.1) is 6.20 Å². The number of azide groups is 1. The Morgan fingerprint density at radius 3 is 3.20 bits per heavy atom. The average Bonchev–Trinajstić information content (AvgIpc) is 2.38. The molecule has 10 heavy (non-hydrogen) atoms. The van der Waals surface area contributed by atoms with Gasteiger partial charge in [-0.15, -0.1) is 0 Å². The monoisotopic (exact) mass is 138 g/mol. The number of carbonyl (C=O) groups is 1.